The van der Waals surface area contributed by atoms with Gasteiger partial charge in [-0.1, -0.05) is 19.1 Å². The quantitative estimate of drug-likeness (QED) is 0.675. The molecule has 9 heteroatoms. The fourth-order valence-corrected chi connectivity index (χ4v) is 5.35. The second-order valence-corrected chi connectivity index (χ2v) is 10.6. The maximum atomic E-state index is 12.7. The van der Waals surface area contributed by atoms with Crippen LogP contribution in [0.2, 0.25) is 0 Å². The number of benzene rings is 2. The van der Waals surface area contributed by atoms with Gasteiger partial charge in [-0.25, -0.2) is 8.42 Å². The van der Waals surface area contributed by atoms with Gasteiger partial charge in [-0.15, -0.1) is 11.8 Å². The maximum absolute atomic E-state index is 12.7. The number of hydrogen-bond acceptors (Lipinski definition) is 6. The monoisotopic (exact) mass is 448 g/mol. The number of hydrogen-bond donors (Lipinski definition) is 2. The highest BCUT2D eigenvalue weighted by Crippen LogP contribution is 2.36. The molecule has 0 saturated heterocycles. The average molecular weight is 449 g/mol. The number of fused-ring (bicyclic) bond motifs is 1. The number of ether oxygens (including phenoxy) is 1. The standard InChI is InChI=1S/C21H24N2O5S2/c1-14-10-21(25)23-18-12-17(6-7-19(18)29-14)30(26,27)9-8-20(24)22-13-15-4-3-5-16(11-15)28-2/h3-7,11-12,14H,8-10,13H2,1-2H3,(H,22,24)(H,23,25)/t14-/m1/s1. The van der Waals surface area contributed by atoms with Crippen molar-refractivity contribution in [3.63, 3.8) is 0 Å². The normalized spacial score (nSPS) is 16.2. The predicted molar refractivity (Wildman–Crippen MR) is 117 cm³/mol. The molecule has 1 aliphatic heterocycles. The van der Waals surface area contributed by atoms with Crippen LogP contribution < -0.4 is 15.4 Å². The fourth-order valence-electron chi connectivity index (χ4n) is 3.04. The van der Waals surface area contributed by atoms with E-state index in [0.29, 0.717) is 17.9 Å². The van der Waals surface area contributed by atoms with E-state index in [-0.39, 0.29) is 40.7 Å². The number of carbonyl (C=O) groups is 2. The minimum Gasteiger partial charge on any atom is -0.497 e. The van der Waals surface area contributed by atoms with Crippen molar-refractivity contribution in [1.82, 2.24) is 5.32 Å². The summed E-state index contributed by atoms with van der Waals surface area (Å²) in [5.74, 6) is -0.117. The molecule has 3 rings (SSSR count). The Balaban J connectivity index is 1.61. The first-order valence-electron chi connectivity index (χ1n) is 9.50. The number of anilines is 1. The van der Waals surface area contributed by atoms with E-state index in [9.17, 15) is 18.0 Å². The third-order valence-electron chi connectivity index (χ3n) is 4.61. The topological polar surface area (TPSA) is 102 Å². The Kier molecular flexibility index (Phi) is 7.04. The Bertz CT molecular complexity index is 1050. The second-order valence-electron chi connectivity index (χ2n) is 7.04. The lowest BCUT2D eigenvalue weighted by molar-refractivity contribution is -0.121. The van der Waals surface area contributed by atoms with Crippen LogP contribution in [0.3, 0.4) is 0 Å². The smallest absolute Gasteiger partial charge is 0.225 e. The Hall–Kier alpha value is -2.52. The van der Waals surface area contributed by atoms with E-state index in [1.807, 2.05) is 19.1 Å². The highest BCUT2D eigenvalue weighted by atomic mass is 32.2. The number of sulfone groups is 1. The van der Waals surface area contributed by atoms with Gasteiger partial charge in [0.2, 0.25) is 11.8 Å². The van der Waals surface area contributed by atoms with Crippen molar-refractivity contribution in [3.8, 4) is 5.75 Å². The van der Waals surface area contributed by atoms with Crippen molar-refractivity contribution in [2.45, 2.75) is 41.4 Å². The van der Waals surface area contributed by atoms with Crippen LogP contribution in [-0.4, -0.2) is 38.3 Å². The van der Waals surface area contributed by atoms with E-state index in [1.165, 1.54) is 23.9 Å². The number of methoxy groups -OCH3 is 1. The maximum Gasteiger partial charge on any atom is 0.225 e. The highest BCUT2D eigenvalue weighted by molar-refractivity contribution is 8.00. The number of amides is 2. The summed E-state index contributed by atoms with van der Waals surface area (Å²) in [5.41, 5.74) is 1.36. The molecule has 0 saturated carbocycles. The molecule has 0 aliphatic carbocycles. The molecule has 0 unspecified atom stereocenters. The first-order valence-corrected chi connectivity index (χ1v) is 12.0. The Morgan fingerprint density at radius 1 is 1.27 bits per heavy atom. The van der Waals surface area contributed by atoms with E-state index in [0.717, 1.165) is 10.5 Å². The Labute approximate surface area is 180 Å². The number of carbonyl (C=O) groups excluding carboxylic acids is 2. The van der Waals surface area contributed by atoms with Crippen LogP contribution in [0.15, 0.2) is 52.3 Å². The van der Waals surface area contributed by atoms with E-state index in [4.69, 9.17) is 4.74 Å². The molecule has 1 aliphatic rings. The van der Waals surface area contributed by atoms with Gasteiger partial charge in [0.25, 0.3) is 0 Å². The van der Waals surface area contributed by atoms with Gasteiger partial charge in [-0.3, -0.25) is 9.59 Å². The van der Waals surface area contributed by atoms with E-state index in [2.05, 4.69) is 10.6 Å². The van der Waals surface area contributed by atoms with Gasteiger partial charge in [0, 0.05) is 29.5 Å². The molecule has 2 amide bonds. The molecule has 2 N–H and O–H groups in total. The van der Waals surface area contributed by atoms with Gasteiger partial charge >= 0.3 is 0 Å². The summed E-state index contributed by atoms with van der Waals surface area (Å²) in [7, 11) is -2.10. The van der Waals surface area contributed by atoms with Crippen LogP contribution in [0.25, 0.3) is 0 Å². The van der Waals surface area contributed by atoms with Gasteiger partial charge in [0.15, 0.2) is 9.84 Å². The van der Waals surface area contributed by atoms with Crippen molar-refractivity contribution >= 4 is 39.1 Å². The first-order chi connectivity index (χ1) is 14.3. The lowest BCUT2D eigenvalue weighted by Crippen LogP contribution is -2.25. The van der Waals surface area contributed by atoms with Crippen LogP contribution >= 0.6 is 11.8 Å². The van der Waals surface area contributed by atoms with Gasteiger partial charge < -0.3 is 15.4 Å². The molecule has 2 aromatic rings. The van der Waals surface area contributed by atoms with Crippen LogP contribution in [0, 0.1) is 0 Å². The molecule has 0 aromatic heterocycles. The number of nitrogens with one attached hydrogen (secondary N) is 2. The van der Waals surface area contributed by atoms with Crippen molar-refractivity contribution < 1.29 is 22.7 Å². The van der Waals surface area contributed by atoms with Gasteiger partial charge in [0.1, 0.15) is 5.75 Å². The molecule has 0 radical (unpaired) electrons. The van der Waals surface area contributed by atoms with Crippen molar-refractivity contribution in [1.29, 1.82) is 0 Å². The van der Waals surface area contributed by atoms with Gasteiger partial charge in [-0.2, -0.15) is 0 Å². The number of rotatable bonds is 7. The summed E-state index contributed by atoms with van der Waals surface area (Å²) >= 11 is 1.53. The summed E-state index contributed by atoms with van der Waals surface area (Å²) in [5, 5.41) is 5.60. The Morgan fingerprint density at radius 3 is 2.83 bits per heavy atom. The largest absolute Gasteiger partial charge is 0.497 e. The molecule has 0 fully saturated rings. The zero-order valence-corrected chi connectivity index (χ0v) is 18.4. The molecule has 160 valence electrons. The molecule has 2 aromatic carbocycles. The predicted octanol–water partition coefficient (Wildman–Crippen LogP) is 3.00. The molecular formula is C21H24N2O5S2. The van der Waals surface area contributed by atoms with Crippen LogP contribution in [0.4, 0.5) is 5.69 Å². The SMILES string of the molecule is COc1cccc(CNC(=O)CCS(=O)(=O)c2ccc3c(c2)NC(=O)C[C@@H](C)S3)c1. The van der Waals surface area contributed by atoms with Crippen LogP contribution in [-0.2, 0) is 26.0 Å². The van der Waals surface area contributed by atoms with Gasteiger partial charge in [-0.05, 0) is 35.9 Å². The average Bonchev–Trinajstić information content (AvgIpc) is 2.86. The lowest BCUT2D eigenvalue weighted by Gasteiger charge is -2.11. The minimum atomic E-state index is -3.67. The second kappa shape index (κ2) is 9.53. The minimum absolute atomic E-state index is 0.0947. The summed E-state index contributed by atoms with van der Waals surface area (Å²) in [6.07, 6.45) is 0.219. The summed E-state index contributed by atoms with van der Waals surface area (Å²) in [6, 6.07) is 12.0. The summed E-state index contributed by atoms with van der Waals surface area (Å²) in [6.45, 7) is 2.24. The van der Waals surface area contributed by atoms with Crippen molar-refractivity contribution in [2.24, 2.45) is 0 Å². The zero-order chi connectivity index (χ0) is 21.7. The molecule has 0 bridgehead atoms. The molecule has 1 atom stereocenters. The zero-order valence-electron chi connectivity index (χ0n) is 16.8. The molecule has 7 nitrogen and oxygen atoms in total. The summed E-state index contributed by atoms with van der Waals surface area (Å²) in [4.78, 5) is 25.0. The van der Waals surface area contributed by atoms with Crippen molar-refractivity contribution in [3.05, 3.63) is 48.0 Å². The van der Waals surface area contributed by atoms with Crippen LogP contribution in [0.5, 0.6) is 5.75 Å². The van der Waals surface area contributed by atoms with Gasteiger partial charge in [0.05, 0.1) is 23.4 Å². The third kappa shape index (κ3) is 5.76. The molecular weight excluding hydrogens is 424 g/mol. The molecule has 30 heavy (non-hydrogen) atoms. The fraction of sp³-hybridized carbons (Fsp3) is 0.333. The Morgan fingerprint density at radius 2 is 2.07 bits per heavy atom. The number of thioether (sulfide) groups is 1. The van der Waals surface area contributed by atoms with E-state index < -0.39 is 9.84 Å². The van der Waals surface area contributed by atoms with Crippen LogP contribution in [0.1, 0.15) is 25.3 Å². The van der Waals surface area contributed by atoms with E-state index in [1.54, 1.807) is 25.3 Å². The molecule has 0 spiro atoms. The summed E-state index contributed by atoms with van der Waals surface area (Å²) < 4.78 is 30.5. The van der Waals surface area contributed by atoms with E-state index >= 15 is 0 Å². The molecule has 1 heterocycles. The third-order valence-corrected chi connectivity index (χ3v) is 7.50. The highest BCUT2D eigenvalue weighted by Gasteiger charge is 2.22. The lowest BCUT2D eigenvalue weighted by atomic mass is 10.2. The first kappa shape index (κ1) is 22.2. The van der Waals surface area contributed by atoms with Crippen molar-refractivity contribution in [2.75, 3.05) is 18.2 Å².